The largest absolute Gasteiger partial charge is 0.466 e. The van der Waals surface area contributed by atoms with Gasteiger partial charge < -0.3 is 20.3 Å². The number of ether oxygens (including phenoxy) is 2. The molecule has 0 saturated heterocycles. The van der Waals surface area contributed by atoms with Gasteiger partial charge in [-0.1, -0.05) is 18.2 Å². The Balaban J connectivity index is 2.68. The zero-order chi connectivity index (χ0) is 13.0. The minimum Gasteiger partial charge on any atom is -0.466 e. The summed E-state index contributed by atoms with van der Waals surface area (Å²) >= 11 is 0. The molecule has 6 heteroatoms. The van der Waals surface area contributed by atoms with Crippen LogP contribution in [0.25, 0.3) is 0 Å². The van der Waals surface area contributed by atoms with Crippen LogP contribution in [-0.4, -0.2) is 42.4 Å². The molecule has 1 rings (SSSR count). The molecule has 0 heterocycles. The van der Waals surface area contributed by atoms with Gasteiger partial charge in [-0.2, -0.15) is 0 Å². The van der Waals surface area contributed by atoms with Crippen molar-refractivity contribution in [1.29, 1.82) is 0 Å². The number of hydrogen-bond donors (Lipinski definition) is 2. The second-order valence-electron chi connectivity index (χ2n) is 3.59. The van der Waals surface area contributed by atoms with Gasteiger partial charge in [-0.25, -0.2) is 9.59 Å². The fourth-order valence-corrected chi connectivity index (χ4v) is 1.33. The van der Waals surface area contributed by atoms with E-state index in [-0.39, 0.29) is 5.57 Å². The Kier molecular flexibility index (Phi) is 4.42. The zero-order valence-electron chi connectivity index (χ0n) is 9.62. The minimum atomic E-state index is -1.01. The van der Waals surface area contributed by atoms with Gasteiger partial charge in [0.25, 0.3) is 0 Å². The molecule has 0 aliphatic heterocycles. The quantitative estimate of drug-likeness (QED) is 0.632. The van der Waals surface area contributed by atoms with Gasteiger partial charge in [0.15, 0.2) is 6.10 Å². The third-order valence-corrected chi connectivity index (χ3v) is 2.36. The molecule has 0 bridgehead atoms. The summed E-state index contributed by atoms with van der Waals surface area (Å²) in [5, 5.41) is 9.43. The fraction of sp³-hybridized carbons (Fsp3) is 0.455. The number of carbonyl (C=O) groups is 2. The van der Waals surface area contributed by atoms with E-state index in [0.717, 1.165) is 0 Å². The Morgan fingerprint density at radius 1 is 1.53 bits per heavy atom. The number of esters is 2. The van der Waals surface area contributed by atoms with E-state index in [0.29, 0.717) is 0 Å². The normalized spacial score (nSPS) is 24.8. The predicted molar refractivity (Wildman–Crippen MR) is 58.8 cm³/mol. The molecule has 1 aliphatic carbocycles. The maximum Gasteiger partial charge on any atom is 0.346 e. The van der Waals surface area contributed by atoms with Gasteiger partial charge in [0.1, 0.15) is 0 Å². The standard InChI is InChI=1S/C11H15NO5/c1-6(10(14)16-2)17-11(15)7-4-3-5-8(13)9(7)12/h3-6,8-9,13H,12H2,1-2H3/t6-,8+,9+/m0/s1. The first-order valence-corrected chi connectivity index (χ1v) is 5.08. The van der Waals surface area contributed by atoms with E-state index in [1.165, 1.54) is 32.3 Å². The monoisotopic (exact) mass is 241 g/mol. The number of aliphatic hydroxyl groups excluding tert-OH is 1. The molecule has 1 aliphatic rings. The van der Waals surface area contributed by atoms with Crippen LogP contribution >= 0.6 is 0 Å². The molecule has 0 fully saturated rings. The summed E-state index contributed by atoms with van der Waals surface area (Å²) in [4.78, 5) is 22.7. The summed E-state index contributed by atoms with van der Waals surface area (Å²) in [5.41, 5.74) is 5.74. The molecule has 0 unspecified atom stereocenters. The highest BCUT2D eigenvalue weighted by molar-refractivity contribution is 5.92. The summed E-state index contributed by atoms with van der Waals surface area (Å²) in [6.45, 7) is 1.39. The van der Waals surface area contributed by atoms with Gasteiger partial charge in [0.2, 0.25) is 0 Å². The van der Waals surface area contributed by atoms with Gasteiger partial charge in [0, 0.05) is 0 Å². The maximum atomic E-state index is 11.7. The van der Waals surface area contributed by atoms with Crippen LogP contribution < -0.4 is 5.73 Å². The summed E-state index contributed by atoms with van der Waals surface area (Å²) in [7, 11) is 1.20. The zero-order valence-corrected chi connectivity index (χ0v) is 9.62. The molecule has 0 spiro atoms. The lowest BCUT2D eigenvalue weighted by Crippen LogP contribution is -2.40. The van der Waals surface area contributed by atoms with Crippen molar-refractivity contribution < 1.29 is 24.2 Å². The Morgan fingerprint density at radius 2 is 2.18 bits per heavy atom. The Hall–Kier alpha value is -1.66. The molecule has 94 valence electrons. The Bertz CT molecular complexity index is 374. The number of hydrogen-bond acceptors (Lipinski definition) is 6. The molecule has 0 aromatic heterocycles. The molecular formula is C11H15NO5. The molecule has 0 radical (unpaired) electrons. The third-order valence-electron chi connectivity index (χ3n) is 2.36. The lowest BCUT2D eigenvalue weighted by Gasteiger charge is -2.21. The van der Waals surface area contributed by atoms with Gasteiger partial charge in [-0.15, -0.1) is 0 Å². The molecule has 3 N–H and O–H groups in total. The number of aliphatic hydroxyl groups is 1. The predicted octanol–water partition coefficient (Wildman–Crippen LogP) is -0.724. The molecule has 0 amide bonds. The van der Waals surface area contributed by atoms with E-state index in [4.69, 9.17) is 10.5 Å². The lowest BCUT2D eigenvalue weighted by molar-refractivity contribution is -0.162. The summed E-state index contributed by atoms with van der Waals surface area (Å²) in [6.07, 6.45) is 2.47. The summed E-state index contributed by atoms with van der Waals surface area (Å²) < 4.78 is 9.27. The van der Waals surface area contributed by atoms with E-state index in [1.54, 1.807) is 0 Å². The molecule has 6 nitrogen and oxygen atoms in total. The van der Waals surface area contributed by atoms with Crippen LogP contribution in [0.15, 0.2) is 23.8 Å². The van der Waals surface area contributed by atoms with E-state index < -0.39 is 30.2 Å². The minimum absolute atomic E-state index is 0.121. The van der Waals surface area contributed by atoms with Crippen molar-refractivity contribution in [2.75, 3.05) is 7.11 Å². The first-order valence-electron chi connectivity index (χ1n) is 5.08. The van der Waals surface area contributed by atoms with Crippen LogP contribution in [-0.2, 0) is 19.1 Å². The van der Waals surface area contributed by atoms with Crippen LogP contribution in [0.3, 0.4) is 0 Å². The van der Waals surface area contributed by atoms with Crippen molar-refractivity contribution in [3.8, 4) is 0 Å². The average Bonchev–Trinajstić information content (AvgIpc) is 2.31. The van der Waals surface area contributed by atoms with E-state index in [1.807, 2.05) is 0 Å². The van der Waals surface area contributed by atoms with Crippen molar-refractivity contribution in [2.45, 2.75) is 25.2 Å². The van der Waals surface area contributed by atoms with Crippen LogP contribution in [0, 0.1) is 0 Å². The smallest absolute Gasteiger partial charge is 0.346 e. The highest BCUT2D eigenvalue weighted by Crippen LogP contribution is 2.14. The molecular weight excluding hydrogens is 226 g/mol. The number of rotatable bonds is 3. The Morgan fingerprint density at radius 3 is 2.76 bits per heavy atom. The Labute approximate surface area is 98.7 Å². The highest BCUT2D eigenvalue weighted by Gasteiger charge is 2.28. The van der Waals surface area contributed by atoms with E-state index in [9.17, 15) is 14.7 Å². The second kappa shape index (κ2) is 5.60. The number of methoxy groups -OCH3 is 1. The topological polar surface area (TPSA) is 98.8 Å². The first kappa shape index (κ1) is 13.4. The number of nitrogens with two attached hydrogens (primary N) is 1. The lowest BCUT2D eigenvalue weighted by atomic mass is 9.97. The van der Waals surface area contributed by atoms with Crippen molar-refractivity contribution >= 4 is 11.9 Å². The van der Waals surface area contributed by atoms with E-state index in [2.05, 4.69) is 4.74 Å². The molecule has 3 atom stereocenters. The van der Waals surface area contributed by atoms with Gasteiger partial charge >= 0.3 is 11.9 Å². The molecule has 0 aromatic rings. The second-order valence-corrected chi connectivity index (χ2v) is 3.59. The molecule has 0 aromatic carbocycles. The van der Waals surface area contributed by atoms with Crippen LogP contribution in [0.5, 0.6) is 0 Å². The van der Waals surface area contributed by atoms with Crippen LogP contribution in [0.2, 0.25) is 0 Å². The van der Waals surface area contributed by atoms with Crippen LogP contribution in [0.4, 0.5) is 0 Å². The van der Waals surface area contributed by atoms with Crippen LogP contribution in [0.1, 0.15) is 6.92 Å². The first-order chi connectivity index (χ1) is 7.97. The van der Waals surface area contributed by atoms with Gasteiger partial charge in [-0.05, 0) is 6.92 Å². The molecule has 17 heavy (non-hydrogen) atoms. The number of allylic oxidation sites excluding steroid dienone is 2. The summed E-state index contributed by atoms with van der Waals surface area (Å²) in [6, 6.07) is -0.850. The van der Waals surface area contributed by atoms with Crippen molar-refractivity contribution in [3.63, 3.8) is 0 Å². The van der Waals surface area contributed by atoms with Crippen molar-refractivity contribution in [3.05, 3.63) is 23.8 Å². The summed E-state index contributed by atoms with van der Waals surface area (Å²) in [5.74, 6) is -1.39. The SMILES string of the molecule is COC(=O)[C@H](C)OC(=O)C1=CC=C[C@@H](O)[C@@H]1N. The highest BCUT2D eigenvalue weighted by atomic mass is 16.6. The van der Waals surface area contributed by atoms with Gasteiger partial charge in [0.05, 0.1) is 24.8 Å². The number of carbonyl (C=O) groups excluding carboxylic acids is 2. The fourth-order valence-electron chi connectivity index (χ4n) is 1.33. The molecule has 0 saturated carbocycles. The van der Waals surface area contributed by atoms with E-state index >= 15 is 0 Å². The van der Waals surface area contributed by atoms with Crippen molar-refractivity contribution in [1.82, 2.24) is 0 Å². The average molecular weight is 241 g/mol. The maximum absolute atomic E-state index is 11.7. The third kappa shape index (κ3) is 3.15. The van der Waals surface area contributed by atoms with Gasteiger partial charge in [-0.3, -0.25) is 0 Å². The van der Waals surface area contributed by atoms with Crippen molar-refractivity contribution in [2.24, 2.45) is 5.73 Å².